The Morgan fingerprint density at radius 1 is 1.27 bits per heavy atom. The van der Waals surface area contributed by atoms with Gasteiger partial charge in [0.1, 0.15) is 0 Å². The molecule has 1 unspecified atom stereocenters. The van der Waals surface area contributed by atoms with Crippen molar-refractivity contribution < 1.29 is 4.74 Å². The lowest BCUT2D eigenvalue weighted by atomic mass is 10.3. The normalized spacial score (nSPS) is 13.9. The second kappa shape index (κ2) is 6.62. The molecule has 0 heterocycles. The standard InChI is InChI=1S/C9H21NO/c1-5-6-11-9(4)7-10-8(2)3/h8-10H,5-7H2,1-4H3. The van der Waals surface area contributed by atoms with E-state index >= 15 is 0 Å². The molecule has 0 aliphatic heterocycles. The molecule has 0 rings (SSSR count). The molecule has 2 nitrogen and oxygen atoms in total. The van der Waals surface area contributed by atoms with Crippen LogP contribution in [-0.4, -0.2) is 25.3 Å². The molecule has 0 aromatic carbocycles. The van der Waals surface area contributed by atoms with Crippen LogP contribution in [0.25, 0.3) is 0 Å². The van der Waals surface area contributed by atoms with Crippen molar-refractivity contribution >= 4 is 0 Å². The van der Waals surface area contributed by atoms with Gasteiger partial charge >= 0.3 is 0 Å². The fourth-order valence-corrected chi connectivity index (χ4v) is 0.780. The van der Waals surface area contributed by atoms with Crippen LogP contribution in [0.2, 0.25) is 0 Å². The van der Waals surface area contributed by atoms with Crippen LogP contribution in [0.3, 0.4) is 0 Å². The topological polar surface area (TPSA) is 21.3 Å². The summed E-state index contributed by atoms with van der Waals surface area (Å²) < 4.78 is 5.48. The molecule has 0 fully saturated rings. The second-order valence-electron chi connectivity index (χ2n) is 3.24. The van der Waals surface area contributed by atoms with Gasteiger partial charge in [0.2, 0.25) is 0 Å². The monoisotopic (exact) mass is 159 g/mol. The molecule has 2 heteroatoms. The SMILES string of the molecule is CCCOC(C)CNC(C)C. The Morgan fingerprint density at radius 2 is 1.91 bits per heavy atom. The average molecular weight is 159 g/mol. The van der Waals surface area contributed by atoms with Gasteiger partial charge < -0.3 is 10.1 Å². The quantitative estimate of drug-likeness (QED) is 0.638. The van der Waals surface area contributed by atoms with Crippen LogP contribution in [0.5, 0.6) is 0 Å². The molecule has 0 bridgehead atoms. The van der Waals surface area contributed by atoms with Gasteiger partial charge in [-0.1, -0.05) is 20.8 Å². The molecule has 68 valence electrons. The zero-order valence-corrected chi connectivity index (χ0v) is 8.18. The van der Waals surface area contributed by atoms with Gasteiger partial charge in [-0.05, 0) is 13.3 Å². The lowest BCUT2D eigenvalue weighted by Gasteiger charge is -2.15. The van der Waals surface area contributed by atoms with Crippen molar-refractivity contribution in [3.63, 3.8) is 0 Å². The molecule has 0 saturated heterocycles. The van der Waals surface area contributed by atoms with Gasteiger partial charge in [0.05, 0.1) is 6.10 Å². The minimum atomic E-state index is 0.345. The van der Waals surface area contributed by atoms with Crippen LogP contribution in [0.15, 0.2) is 0 Å². The largest absolute Gasteiger partial charge is 0.377 e. The fourth-order valence-electron chi connectivity index (χ4n) is 0.780. The number of hydrogen-bond donors (Lipinski definition) is 1. The van der Waals surface area contributed by atoms with Crippen LogP contribution in [0.4, 0.5) is 0 Å². The van der Waals surface area contributed by atoms with Crippen LogP contribution in [0.1, 0.15) is 34.1 Å². The van der Waals surface area contributed by atoms with Crippen LogP contribution >= 0.6 is 0 Å². The van der Waals surface area contributed by atoms with E-state index in [-0.39, 0.29) is 0 Å². The fraction of sp³-hybridized carbons (Fsp3) is 1.00. The molecule has 0 saturated carbocycles. The molecule has 0 amide bonds. The third-order valence-corrected chi connectivity index (χ3v) is 1.42. The van der Waals surface area contributed by atoms with E-state index in [9.17, 15) is 0 Å². The van der Waals surface area contributed by atoms with E-state index in [1.165, 1.54) is 0 Å². The smallest absolute Gasteiger partial charge is 0.0671 e. The Balaban J connectivity index is 3.15. The molecule has 0 aromatic rings. The van der Waals surface area contributed by atoms with Crippen molar-refractivity contribution in [2.45, 2.75) is 46.3 Å². The van der Waals surface area contributed by atoms with E-state index in [1.807, 2.05) is 0 Å². The Labute approximate surface area is 70.3 Å². The summed E-state index contributed by atoms with van der Waals surface area (Å²) in [6, 6.07) is 0.558. The Hall–Kier alpha value is -0.0800. The summed E-state index contributed by atoms with van der Waals surface area (Å²) in [6.07, 6.45) is 1.45. The first-order chi connectivity index (χ1) is 5.16. The number of rotatable bonds is 6. The van der Waals surface area contributed by atoms with Gasteiger partial charge in [-0.15, -0.1) is 0 Å². The lowest BCUT2D eigenvalue weighted by molar-refractivity contribution is 0.0651. The molecule has 0 aliphatic carbocycles. The predicted octanol–water partition coefficient (Wildman–Crippen LogP) is 1.80. The van der Waals surface area contributed by atoms with Crippen molar-refractivity contribution in [1.29, 1.82) is 0 Å². The molecule has 1 atom stereocenters. The molecule has 11 heavy (non-hydrogen) atoms. The third-order valence-electron chi connectivity index (χ3n) is 1.42. The van der Waals surface area contributed by atoms with E-state index < -0.39 is 0 Å². The van der Waals surface area contributed by atoms with Gasteiger partial charge in [0.25, 0.3) is 0 Å². The summed E-state index contributed by atoms with van der Waals surface area (Å²) in [6.45, 7) is 10.4. The Morgan fingerprint density at radius 3 is 2.36 bits per heavy atom. The highest BCUT2D eigenvalue weighted by molar-refractivity contribution is 4.58. The maximum Gasteiger partial charge on any atom is 0.0671 e. The highest BCUT2D eigenvalue weighted by Crippen LogP contribution is 1.91. The van der Waals surface area contributed by atoms with Gasteiger partial charge in [0.15, 0.2) is 0 Å². The maximum atomic E-state index is 5.48. The number of nitrogens with one attached hydrogen (secondary N) is 1. The molecule has 0 aliphatic rings. The van der Waals surface area contributed by atoms with E-state index in [2.05, 4.69) is 33.0 Å². The summed E-state index contributed by atoms with van der Waals surface area (Å²) >= 11 is 0. The maximum absolute atomic E-state index is 5.48. The highest BCUT2D eigenvalue weighted by atomic mass is 16.5. The van der Waals surface area contributed by atoms with Gasteiger partial charge in [-0.25, -0.2) is 0 Å². The predicted molar refractivity (Wildman–Crippen MR) is 48.8 cm³/mol. The summed E-state index contributed by atoms with van der Waals surface area (Å²) in [7, 11) is 0. The van der Waals surface area contributed by atoms with E-state index in [0.717, 1.165) is 19.6 Å². The molecular formula is C9H21NO. The van der Waals surface area contributed by atoms with Crippen LogP contribution in [0, 0.1) is 0 Å². The first-order valence-electron chi connectivity index (χ1n) is 4.51. The number of ether oxygens (including phenoxy) is 1. The van der Waals surface area contributed by atoms with Crippen LogP contribution < -0.4 is 5.32 Å². The third kappa shape index (κ3) is 7.82. The van der Waals surface area contributed by atoms with Gasteiger partial charge in [-0.3, -0.25) is 0 Å². The molecule has 0 aromatic heterocycles. The Bertz CT molecular complexity index is 83.6. The molecule has 1 N–H and O–H groups in total. The molecule has 0 radical (unpaired) electrons. The summed E-state index contributed by atoms with van der Waals surface area (Å²) in [5.41, 5.74) is 0. The van der Waals surface area contributed by atoms with Gasteiger partial charge in [0, 0.05) is 19.2 Å². The zero-order valence-electron chi connectivity index (χ0n) is 8.18. The summed E-state index contributed by atoms with van der Waals surface area (Å²) in [4.78, 5) is 0. The highest BCUT2D eigenvalue weighted by Gasteiger charge is 2.00. The van der Waals surface area contributed by atoms with Crippen molar-refractivity contribution in [3.05, 3.63) is 0 Å². The molecular weight excluding hydrogens is 138 g/mol. The summed E-state index contributed by atoms with van der Waals surface area (Å²) in [5, 5.41) is 3.33. The zero-order chi connectivity index (χ0) is 8.69. The minimum absolute atomic E-state index is 0.345. The first kappa shape index (κ1) is 10.9. The number of hydrogen-bond acceptors (Lipinski definition) is 2. The van der Waals surface area contributed by atoms with Crippen molar-refractivity contribution in [2.24, 2.45) is 0 Å². The van der Waals surface area contributed by atoms with Gasteiger partial charge in [-0.2, -0.15) is 0 Å². The Kier molecular flexibility index (Phi) is 6.57. The first-order valence-corrected chi connectivity index (χ1v) is 4.51. The van der Waals surface area contributed by atoms with E-state index in [4.69, 9.17) is 4.74 Å². The second-order valence-corrected chi connectivity index (χ2v) is 3.24. The lowest BCUT2D eigenvalue weighted by Crippen LogP contribution is -2.31. The van der Waals surface area contributed by atoms with Crippen molar-refractivity contribution in [2.75, 3.05) is 13.2 Å². The van der Waals surface area contributed by atoms with E-state index in [0.29, 0.717) is 12.1 Å². The molecule has 0 spiro atoms. The minimum Gasteiger partial charge on any atom is -0.377 e. The van der Waals surface area contributed by atoms with Crippen LogP contribution in [-0.2, 0) is 4.74 Å². The van der Waals surface area contributed by atoms with Crippen molar-refractivity contribution in [3.8, 4) is 0 Å². The average Bonchev–Trinajstić information content (AvgIpc) is 1.97. The van der Waals surface area contributed by atoms with E-state index in [1.54, 1.807) is 0 Å². The van der Waals surface area contributed by atoms with Crippen molar-refractivity contribution in [1.82, 2.24) is 5.32 Å². The summed E-state index contributed by atoms with van der Waals surface area (Å²) in [5.74, 6) is 0.